The van der Waals surface area contributed by atoms with Crippen molar-refractivity contribution >= 4 is 46.9 Å². The fourth-order valence-corrected chi connectivity index (χ4v) is 0. The second-order valence-corrected chi connectivity index (χ2v) is 1.15. The predicted molar refractivity (Wildman–Crippen MR) is 26.5 cm³/mol. The summed E-state index contributed by atoms with van der Waals surface area (Å²) in [5.74, 6) is -8.74. The second-order valence-electron chi connectivity index (χ2n) is 1.15. The summed E-state index contributed by atoms with van der Waals surface area (Å²) >= 11 is 0.300. The van der Waals surface area contributed by atoms with Gasteiger partial charge >= 0.3 is 50.6 Å². The number of hydrogen-bond acceptors (Lipinski definition) is 9. The Labute approximate surface area is 114 Å². The van der Waals surface area contributed by atoms with Crippen molar-refractivity contribution in [1.29, 1.82) is 0 Å². The monoisotopic (exact) mass is 306 g/mol. The van der Waals surface area contributed by atoms with Crippen LogP contribution < -0.4 is 20.4 Å². The SMILES string of the molecule is O=C([O-])C(=O)[O-].O=C([O-])C(=O)[O-].[Mg+2].[O]=[Zr+2]. The van der Waals surface area contributed by atoms with Gasteiger partial charge in [0, 0.05) is 0 Å². The van der Waals surface area contributed by atoms with E-state index in [-0.39, 0.29) is 23.1 Å². The van der Waals surface area contributed by atoms with Crippen LogP contribution in [0.4, 0.5) is 0 Å². The molecule has 0 saturated heterocycles. The summed E-state index contributed by atoms with van der Waals surface area (Å²) < 4.78 is 8.34. The molecule has 0 saturated carbocycles. The number of hydrogen-bond donors (Lipinski definition) is 0. The van der Waals surface area contributed by atoms with Crippen LogP contribution in [-0.4, -0.2) is 46.9 Å². The van der Waals surface area contributed by atoms with Gasteiger partial charge in [0.2, 0.25) is 0 Å². The van der Waals surface area contributed by atoms with Gasteiger partial charge in [-0.25, -0.2) is 0 Å². The Kier molecular flexibility index (Phi) is 25.1. The third-order valence-corrected chi connectivity index (χ3v) is 0.333. The first-order chi connectivity index (χ1) is 6.29. The molecule has 11 heteroatoms. The number of carbonyl (C=O) groups excluding carboxylic acids is 4. The van der Waals surface area contributed by atoms with Gasteiger partial charge in [0.05, 0.1) is 23.9 Å². The minimum absolute atomic E-state index is 0. The minimum atomic E-state index is -2.19. The van der Waals surface area contributed by atoms with Crippen LogP contribution in [0.1, 0.15) is 0 Å². The predicted octanol–water partition coefficient (Wildman–Crippen LogP) is -7.53. The van der Waals surface area contributed by atoms with Crippen molar-refractivity contribution in [3.63, 3.8) is 0 Å². The first kappa shape index (κ1) is 23.9. The fraction of sp³-hybridized carbons (Fsp3) is 0. The van der Waals surface area contributed by atoms with Crippen LogP contribution in [0.25, 0.3) is 0 Å². The van der Waals surface area contributed by atoms with Crippen LogP contribution >= 0.6 is 0 Å². The van der Waals surface area contributed by atoms with Gasteiger partial charge in [-0.15, -0.1) is 0 Å². The van der Waals surface area contributed by atoms with Crippen molar-refractivity contribution in [2.24, 2.45) is 0 Å². The van der Waals surface area contributed by atoms with E-state index in [0.29, 0.717) is 24.7 Å². The summed E-state index contributed by atoms with van der Waals surface area (Å²) in [6.45, 7) is 0. The molecule has 15 heavy (non-hydrogen) atoms. The molecule has 0 aromatic carbocycles. The molecule has 0 amide bonds. The van der Waals surface area contributed by atoms with Crippen molar-refractivity contribution in [2.45, 2.75) is 0 Å². The molecule has 0 rings (SSSR count). The molecule has 0 fully saturated rings. The molecule has 0 spiro atoms. The Morgan fingerprint density at radius 1 is 0.600 bits per heavy atom. The Hall–Kier alpha value is -0.671. The van der Waals surface area contributed by atoms with Crippen LogP contribution in [0.2, 0.25) is 0 Å². The fourth-order valence-electron chi connectivity index (χ4n) is 0. The van der Waals surface area contributed by atoms with Gasteiger partial charge in [0.25, 0.3) is 0 Å². The standard InChI is InChI=1S/2C2H2O4.Mg.O.Zr/c2*3-1(4)2(5)6;;;/h2*(H,3,4)(H,5,6);;;/q;;+2;;+2/p-4. The summed E-state index contributed by atoms with van der Waals surface area (Å²) in [5.41, 5.74) is 0. The van der Waals surface area contributed by atoms with E-state index in [1.165, 1.54) is 0 Å². The second kappa shape index (κ2) is 15.8. The maximum absolute atomic E-state index is 8.93. The number of aliphatic carboxylic acids is 4. The van der Waals surface area contributed by atoms with Crippen molar-refractivity contribution in [3.05, 3.63) is 0 Å². The number of carboxylic acid groups (broad SMARTS) is 4. The number of carbonyl (C=O) groups is 4. The van der Waals surface area contributed by atoms with Crippen LogP contribution in [0.15, 0.2) is 0 Å². The zero-order valence-electron chi connectivity index (χ0n) is 6.88. The Balaban J connectivity index is -0.0000000653. The number of carboxylic acids is 4. The summed E-state index contributed by atoms with van der Waals surface area (Å²) in [7, 11) is 0. The van der Waals surface area contributed by atoms with E-state index in [2.05, 4.69) is 0 Å². The molecule has 0 aromatic heterocycles. The Morgan fingerprint density at radius 3 is 0.667 bits per heavy atom. The first-order valence-electron chi connectivity index (χ1n) is 2.34. The molecule has 0 aliphatic heterocycles. The van der Waals surface area contributed by atoms with E-state index in [0.717, 1.165) is 0 Å². The molecule has 0 atom stereocenters. The molecule has 0 bridgehead atoms. The van der Waals surface area contributed by atoms with Crippen LogP contribution in [0, 0.1) is 0 Å². The van der Waals surface area contributed by atoms with Crippen molar-refractivity contribution in [1.82, 2.24) is 0 Å². The molecule has 0 aromatic rings. The molecule has 0 unspecified atom stereocenters. The summed E-state index contributed by atoms with van der Waals surface area (Å²) in [5, 5.41) is 35.7. The van der Waals surface area contributed by atoms with Crippen molar-refractivity contribution in [3.8, 4) is 0 Å². The van der Waals surface area contributed by atoms with E-state index in [1.807, 2.05) is 0 Å². The molecular formula is C4MgO9Zr. The van der Waals surface area contributed by atoms with Gasteiger partial charge in [0.1, 0.15) is 0 Å². The number of rotatable bonds is 0. The van der Waals surface area contributed by atoms with Gasteiger partial charge in [-0.05, 0) is 0 Å². The average molecular weight is 308 g/mol. The molecule has 0 heterocycles. The topological polar surface area (TPSA) is 178 Å². The Morgan fingerprint density at radius 2 is 0.667 bits per heavy atom. The van der Waals surface area contributed by atoms with Gasteiger partial charge < -0.3 is 39.6 Å². The normalized spacial score (nSPS) is 6.27. The molecule has 0 radical (unpaired) electrons. The van der Waals surface area contributed by atoms with Crippen molar-refractivity contribution in [2.75, 3.05) is 0 Å². The van der Waals surface area contributed by atoms with E-state index < -0.39 is 23.9 Å². The zero-order chi connectivity index (χ0) is 12.3. The van der Waals surface area contributed by atoms with Gasteiger partial charge in [-0.1, -0.05) is 0 Å². The summed E-state index contributed by atoms with van der Waals surface area (Å²) in [4.78, 5) is 35.7. The van der Waals surface area contributed by atoms with Crippen LogP contribution in [0.3, 0.4) is 0 Å². The maximum atomic E-state index is 8.93. The summed E-state index contributed by atoms with van der Waals surface area (Å²) in [6, 6.07) is 0. The van der Waals surface area contributed by atoms with E-state index >= 15 is 0 Å². The van der Waals surface area contributed by atoms with Crippen molar-refractivity contribution < 1.29 is 67.1 Å². The van der Waals surface area contributed by atoms with E-state index in [9.17, 15) is 0 Å². The third kappa shape index (κ3) is 31.8. The van der Waals surface area contributed by atoms with Gasteiger partial charge in [-0.3, -0.25) is 0 Å². The molecule has 76 valence electrons. The zero-order valence-corrected chi connectivity index (χ0v) is 10.8. The molecule has 0 aliphatic carbocycles. The molecule has 0 N–H and O–H groups in total. The van der Waals surface area contributed by atoms with Crippen LogP contribution in [0.5, 0.6) is 0 Å². The third-order valence-electron chi connectivity index (χ3n) is 0.333. The quantitative estimate of drug-likeness (QED) is 0.310. The van der Waals surface area contributed by atoms with Crippen LogP contribution in [-0.2, 0) is 46.7 Å². The van der Waals surface area contributed by atoms with E-state index in [1.54, 1.807) is 0 Å². The average Bonchev–Trinajstić information content (AvgIpc) is 2.08. The van der Waals surface area contributed by atoms with Gasteiger partial charge in [0.15, 0.2) is 0 Å². The molecular weight excluding hydrogens is 308 g/mol. The van der Waals surface area contributed by atoms with Gasteiger partial charge in [-0.2, -0.15) is 0 Å². The first-order valence-corrected chi connectivity index (χ1v) is 3.34. The Bertz CT molecular complexity index is 190. The molecule has 9 nitrogen and oxygen atoms in total. The molecule has 0 aliphatic rings. The van der Waals surface area contributed by atoms with E-state index in [4.69, 9.17) is 42.4 Å². The summed E-state index contributed by atoms with van der Waals surface area (Å²) in [6.07, 6.45) is 0.